The van der Waals surface area contributed by atoms with Crippen LogP contribution in [-0.4, -0.2) is 15.7 Å². The third-order valence-electron chi connectivity index (χ3n) is 4.23. The largest absolute Gasteiger partial charge is 0.321 e. The highest BCUT2D eigenvalue weighted by molar-refractivity contribution is 7.20. The number of hydrogen-bond acceptors (Lipinski definition) is 3. The minimum absolute atomic E-state index is 0.109. The number of hydrogen-bond donors (Lipinski definition) is 1. The molecule has 6 heteroatoms. The van der Waals surface area contributed by atoms with Crippen LogP contribution in [0.15, 0.2) is 54.6 Å². The van der Waals surface area contributed by atoms with Gasteiger partial charge in [-0.2, -0.15) is 5.10 Å². The van der Waals surface area contributed by atoms with Gasteiger partial charge in [-0.25, -0.2) is 4.68 Å². The van der Waals surface area contributed by atoms with Gasteiger partial charge in [0.05, 0.1) is 16.3 Å². The summed E-state index contributed by atoms with van der Waals surface area (Å²) in [6, 6.07) is 17.2. The molecule has 0 saturated heterocycles. The van der Waals surface area contributed by atoms with Crippen LogP contribution in [0, 0.1) is 13.8 Å². The molecule has 2 aromatic carbocycles. The third kappa shape index (κ3) is 3.00. The lowest BCUT2D eigenvalue weighted by atomic mass is 10.2. The number of fused-ring (bicyclic) bond motifs is 1. The number of nitrogens with one attached hydrogen (secondary N) is 1. The van der Waals surface area contributed by atoms with Crippen LogP contribution in [0.2, 0.25) is 5.02 Å². The van der Waals surface area contributed by atoms with Gasteiger partial charge < -0.3 is 5.32 Å². The molecule has 1 N–H and O–H groups in total. The van der Waals surface area contributed by atoms with E-state index in [0.29, 0.717) is 9.90 Å². The Balaban J connectivity index is 1.72. The Morgan fingerprint density at radius 1 is 1.12 bits per heavy atom. The maximum Gasteiger partial charge on any atom is 0.265 e. The number of aryl methyl sites for hydroxylation is 2. The first kappa shape index (κ1) is 16.8. The van der Waals surface area contributed by atoms with Crippen LogP contribution in [0.4, 0.5) is 5.69 Å². The highest BCUT2D eigenvalue weighted by atomic mass is 35.5. The molecule has 4 rings (SSSR count). The molecule has 130 valence electrons. The molecule has 4 nitrogen and oxygen atoms in total. The number of para-hydroxylation sites is 1. The zero-order valence-corrected chi connectivity index (χ0v) is 15.9. The van der Waals surface area contributed by atoms with Crippen molar-refractivity contribution in [1.82, 2.24) is 9.78 Å². The molecule has 0 fully saturated rings. The number of anilines is 1. The summed E-state index contributed by atoms with van der Waals surface area (Å²) in [5.74, 6) is -0.109. The zero-order valence-electron chi connectivity index (χ0n) is 14.3. The molecular formula is C20H16ClN3OS. The van der Waals surface area contributed by atoms with Gasteiger partial charge >= 0.3 is 0 Å². The predicted molar refractivity (Wildman–Crippen MR) is 108 cm³/mol. The van der Waals surface area contributed by atoms with E-state index in [-0.39, 0.29) is 5.91 Å². The minimum Gasteiger partial charge on any atom is -0.321 e. The fourth-order valence-electron chi connectivity index (χ4n) is 2.81. The fraction of sp³-hybridized carbons (Fsp3) is 0.100. The van der Waals surface area contributed by atoms with Gasteiger partial charge in [0, 0.05) is 16.1 Å². The van der Waals surface area contributed by atoms with Crippen molar-refractivity contribution in [3.63, 3.8) is 0 Å². The molecule has 0 saturated carbocycles. The van der Waals surface area contributed by atoms with Gasteiger partial charge in [-0.15, -0.1) is 11.3 Å². The molecule has 0 atom stereocenters. The smallest absolute Gasteiger partial charge is 0.265 e. The van der Waals surface area contributed by atoms with Crippen molar-refractivity contribution in [2.75, 3.05) is 5.32 Å². The van der Waals surface area contributed by atoms with Gasteiger partial charge in [-0.3, -0.25) is 4.79 Å². The number of benzene rings is 2. The summed E-state index contributed by atoms with van der Waals surface area (Å²) in [4.78, 5) is 14.3. The molecule has 4 aromatic rings. The van der Waals surface area contributed by atoms with Gasteiger partial charge in [-0.1, -0.05) is 29.8 Å². The van der Waals surface area contributed by atoms with Gasteiger partial charge in [-0.05, 0) is 55.8 Å². The molecule has 0 radical (unpaired) electrons. The summed E-state index contributed by atoms with van der Waals surface area (Å²) in [6.07, 6.45) is 0. The zero-order chi connectivity index (χ0) is 18.3. The highest BCUT2D eigenvalue weighted by Crippen LogP contribution is 2.31. The Labute approximate surface area is 160 Å². The molecule has 2 heterocycles. The lowest BCUT2D eigenvalue weighted by molar-refractivity contribution is 0.103. The van der Waals surface area contributed by atoms with Crippen LogP contribution in [0.1, 0.15) is 20.9 Å². The number of thiophene rings is 1. The number of nitrogens with zero attached hydrogens (tertiary/aromatic N) is 2. The molecule has 0 spiro atoms. The first-order valence-electron chi connectivity index (χ1n) is 8.15. The number of amides is 1. The lowest BCUT2D eigenvalue weighted by Crippen LogP contribution is -2.11. The van der Waals surface area contributed by atoms with Gasteiger partial charge in [0.15, 0.2) is 0 Å². The van der Waals surface area contributed by atoms with E-state index >= 15 is 0 Å². The number of carbonyl (C=O) groups is 1. The van der Waals surface area contributed by atoms with E-state index in [4.69, 9.17) is 11.6 Å². The second kappa shape index (κ2) is 6.59. The number of carbonyl (C=O) groups excluding carboxylic acids is 1. The topological polar surface area (TPSA) is 46.9 Å². The van der Waals surface area contributed by atoms with Crippen LogP contribution < -0.4 is 5.32 Å². The van der Waals surface area contributed by atoms with Crippen molar-refractivity contribution >= 4 is 44.7 Å². The van der Waals surface area contributed by atoms with E-state index in [1.807, 2.05) is 73.1 Å². The van der Waals surface area contributed by atoms with Crippen LogP contribution in [0.5, 0.6) is 0 Å². The average molecular weight is 382 g/mol. The van der Waals surface area contributed by atoms with Crippen molar-refractivity contribution in [3.05, 3.63) is 75.8 Å². The first-order valence-corrected chi connectivity index (χ1v) is 9.34. The first-order chi connectivity index (χ1) is 12.5. The quantitative estimate of drug-likeness (QED) is 0.501. The SMILES string of the molecule is Cc1ccccc1NC(=O)c1cc2c(C)nn(-c3ccc(Cl)cc3)c2s1. The standard InChI is InChI=1S/C20H16ClN3OS/c1-12-5-3-4-6-17(12)22-19(25)18-11-16-13(2)23-24(20(16)26-18)15-9-7-14(21)8-10-15/h3-11H,1-2H3,(H,22,25). The Kier molecular flexibility index (Phi) is 4.26. The Morgan fingerprint density at radius 3 is 2.58 bits per heavy atom. The third-order valence-corrected chi connectivity index (χ3v) is 5.59. The maximum atomic E-state index is 12.7. The second-order valence-electron chi connectivity index (χ2n) is 6.07. The summed E-state index contributed by atoms with van der Waals surface area (Å²) in [5.41, 5.74) is 3.66. The van der Waals surface area contributed by atoms with E-state index in [0.717, 1.165) is 32.8 Å². The molecule has 26 heavy (non-hydrogen) atoms. The lowest BCUT2D eigenvalue weighted by Gasteiger charge is -2.06. The summed E-state index contributed by atoms with van der Waals surface area (Å²) in [6.45, 7) is 3.92. The minimum atomic E-state index is -0.109. The van der Waals surface area contributed by atoms with E-state index in [9.17, 15) is 4.79 Å². The van der Waals surface area contributed by atoms with Crippen molar-refractivity contribution in [2.24, 2.45) is 0 Å². The maximum absolute atomic E-state index is 12.7. The Morgan fingerprint density at radius 2 is 1.85 bits per heavy atom. The Bertz CT molecular complexity index is 1110. The predicted octanol–water partition coefficient (Wildman–Crippen LogP) is 5.61. The number of aromatic nitrogens is 2. The Hall–Kier alpha value is -2.63. The van der Waals surface area contributed by atoms with Crippen LogP contribution in [-0.2, 0) is 0 Å². The van der Waals surface area contributed by atoms with Gasteiger partial charge in [0.25, 0.3) is 5.91 Å². The molecule has 2 aromatic heterocycles. The summed E-state index contributed by atoms with van der Waals surface area (Å²) in [5, 5.41) is 9.25. The van der Waals surface area contributed by atoms with Gasteiger partial charge in [0.1, 0.15) is 4.83 Å². The van der Waals surface area contributed by atoms with Crippen LogP contribution in [0.3, 0.4) is 0 Å². The van der Waals surface area contributed by atoms with Crippen molar-refractivity contribution in [2.45, 2.75) is 13.8 Å². The van der Waals surface area contributed by atoms with Crippen molar-refractivity contribution < 1.29 is 4.79 Å². The van der Waals surface area contributed by atoms with Crippen molar-refractivity contribution in [3.8, 4) is 5.69 Å². The number of rotatable bonds is 3. The molecule has 1 amide bonds. The average Bonchev–Trinajstić information content (AvgIpc) is 3.19. The normalized spacial score (nSPS) is 11.0. The van der Waals surface area contributed by atoms with Gasteiger partial charge in [0.2, 0.25) is 0 Å². The van der Waals surface area contributed by atoms with Crippen LogP contribution >= 0.6 is 22.9 Å². The summed E-state index contributed by atoms with van der Waals surface area (Å²) >= 11 is 7.41. The molecule has 0 unspecified atom stereocenters. The highest BCUT2D eigenvalue weighted by Gasteiger charge is 2.17. The fourth-order valence-corrected chi connectivity index (χ4v) is 4.02. The van der Waals surface area contributed by atoms with E-state index in [1.165, 1.54) is 11.3 Å². The number of halogens is 1. The van der Waals surface area contributed by atoms with E-state index in [1.54, 1.807) is 0 Å². The molecule has 0 bridgehead atoms. The van der Waals surface area contributed by atoms with E-state index < -0.39 is 0 Å². The van der Waals surface area contributed by atoms with Crippen molar-refractivity contribution in [1.29, 1.82) is 0 Å². The van der Waals surface area contributed by atoms with E-state index in [2.05, 4.69) is 10.4 Å². The molecule has 0 aliphatic heterocycles. The monoisotopic (exact) mass is 381 g/mol. The summed E-state index contributed by atoms with van der Waals surface area (Å²) < 4.78 is 1.86. The summed E-state index contributed by atoms with van der Waals surface area (Å²) in [7, 11) is 0. The molecule has 0 aliphatic rings. The second-order valence-corrected chi connectivity index (χ2v) is 7.54. The molecular weight excluding hydrogens is 366 g/mol. The molecule has 0 aliphatic carbocycles. The van der Waals surface area contributed by atoms with Crippen LogP contribution in [0.25, 0.3) is 15.9 Å².